The average molecular weight is 336 g/mol. The van der Waals surface area contributed by atoms with Crippen molar-refractivity contribution in [3.63, 3.8) is 0 Å². The lowest BCUT2D eigenvalue weighted by atomic mass is 10.1. The fraction of sp³-hybridized carbons (Fsp3) is 0.188. The quantitative estimate of drug-likeness (QED) is 0.798. The number of amides is 1. The molecule has 1 amide bonds. The number of nitrogens with one attached hydrogen (secondary N) is 1. The summed E-state index contributed by atoms with van der Waals surface area (Å²) in [7, 11) is 0. The van der Waals surface area contributed by atoms with Gasteiger partial charge in [0.2, 0.25) is 0 Å². The van der Waals surface area contributed by atoms with Gasteiger partial charge < -0.3 is 5.32 Å². The molecule has 2 nitrogen and oxygen atoms in total. The van der Waals surface area contributed by atoms with Crippen molar-refractivity contribution in [3.8, 4) is 0 Å². The van der Waals surface area contributed by atoms with Crippen LogP contribution < -0.4 is 5.32 Å². The number of aryl methyl sites for hydroxylation is 1. The summed E-state index contributed by atoms with van der Waals surface area (Å²) < 4.78 is 13.9. The Kier molecular flexibility index (Phi) is 4.55. The molecular weight excluding hydrogens is 321 g/mol. The third-order valence-electron chi connectivity index (χ3n) is 3.07. The van der Waals surface area contributed by atoms with Crippen LogP contribution in [0.2, 0.25) is 0 Å². The summed E-state index contributed by atoms with van der Waals surface area (Å²) in [5.74, 6) is -0.916. The van der Waals surface area contributed by atoms with Gasteiger partial charge in [-0.05, 0) is 37.1 Å². The molecule has 4 heteroatoms. The van der Waals surface area contributed by atoms with Gasteiger partial charge in [0, 0.05) is 10.5 Å². The van der Waals surface area contributed by atoms with Gasteiger partial charge >= 0.3 is 0 Å². The van der Waals surface area contributed by atoms with Gasteiger partial charge in [-0.2, -0.15) is 0 Å². The van der Waals surface area contributed by atoms with Crippen LogP contribution in [0.25, 0.3) is 0 Å². The van der Waals surface area contributed by atoms with Crippen LogP contribution in [-0.4, -0.2) is 5.91 Å². The Morgan fingerprint density at radius 2 is 1.90 bits per heavy atom. The van der Waals surface area contributed by atoms with E-state index in [9.17, 15) is 9.18 Å². The number of benzene rings is 2. The topological polar surface area (TPSA) is 29.1 Å². The minimum Gasteiger partial charge on any atom is -0.322 e. The molecule has 0 spiro atoms. The van der Waals surface area contributed by atoms with Crippen molar-refractivity contribution in [2.24, 2.45) is 0 Å². The van der Waals surface area contributed by atoms with Crippen molar-refractivity contribution < 1.29 is 9.18 Å². The molecule has 20 heavy (non-hydrogen) atoms. The molecule has 2 aromatic rings. The molecule has 0 saturated carbocycles. The van der Waals surface area contributed by atoms with Gasteiger partial charge in [-0.1, -0.05) is 46.3 Å². The second kappa shape index (κ2) is 6.18. The standard InChI is InChI=1S/C16H15BrFNO/c1-10-6-5-8-13(15(10)18)16(20)19-14-9-4-3-7-12(14)11(2)17/h3-9,11H,1-2H3,(H,19,20). The molecule has 0 fully saturated rings. The van der Waals surface area contributed by atoms with E-state index in [0.29, 0.717) is 11.3 Å². The molecular formula is C16H15BrFNO. The van der Waals surface area contributed by atoms with Crippen LogP contribution >= 0.6 is 15.9 Å². The minimum atomic E-state index is -0.477. The summed E-state index contributed by atoms with van der Waals surface area (Å²) in [4.78, 5) is 12.3. The maximum Gasteiger partial charge on any atom is 0.258 e. The number of halogens is 2. The van der Waals surface area contributed by atoms with Crippen LogP contribution in [-0.2, 0) is 0 Å². The molecule has 1 N–H and O–H groups in total. The van der Waals surface area contributed by atoms with Crippen molar-refractivity contribution in [2.45, 2.75) is 18.7 Å². The maximum atomic E-state index is 13.9. The largest absolute Gasteiger partial charge is 0.322 e. The third kappa shape index (κ3) is 3.07. The maximum absolute atomic E-state index is 13.9. The second-order valence-electron chi connectivity index (χ2n) is 4.59. The monoisotopic (exact) mass is 335 g/mol. The number of carbonyl (C=O) groups excluding carboxylic acids is 1. The summed E-state index contributed by atoms with van der Waals surface area (Å²) in [5, 5.41) is 2.77. The normalized spacial score (nSPS) is 12.0. The van der Waals surface area contributed by atoms with Gasteiger partial charge in [-0.3, -0.25) is 4.79 Å². The van der Waals surface area contributed by atoms with Gasteiger partial charge in [0.1, 0.15) is 5.82 Å². The van der Waals surface area contributed by atoms with E-state index in [0.717, 1.165) is 5.56 Å². The van der Waals surface area contributed by atoms with E-state index in [1.165, 1.54) is 6.07 Å². The Balaban J connectivity index is 2.31. The summed E-state index contributed by atoms with van der Waals surface area (Å²) in [6.45, 7) is 3.61. The van der Waals surface area contributed by atoms with Gasteiger partial charge in [0.15, 0.2) is 0 Å². The molecule has 1 unspecified atom stereocenters. The minimum absolute atomic E-state index is 0.0574. The lowest BCUT2D eigenvalue weighted by molar-refractivity contribution is 0.102. The second-order valence-corrected chi connectivity index (χ2v) is 5.97. The Hall–Kier alpha value is -1.68. The zero-order valence-corrected chi connectivity index (χ0v) is 12.9. The molecule has 0 aromatic heterocycles. The first kappa shape index (κ1) is 14.7. The van der Waals surface area contributed by atoms with E-state index >= 15 is 0 Å². The Labute approximate surface area is 126 Å². The van der Waals surface area contributed by atoms with E-state index in [2.05, 4.69) is 21.2 Å². The highest BCUT2D eigenvalue weighted by Crippen LogP contribution is 2.29. The summed E-state index contributed by atoms with van der Waals surface area (Å²) in [5.41, 5.74) is 2.15. The van der Waals surface area contributed by atoms with Crippen LogP contribution in [0.3, 0.4) is 0 Å². The number of alkyl halides is 1. The number of para-hydroxylation sites is 1. The molecule has 0 aliphatic carbocycles. The smallest absolute Gasteiger partial charge is 0.258 e. The predicted molar refractivity (Wildman–Crippen MR) is 82.9 cm³/mol. The van der Waals surface area contributed by atoms with Gasteiger partial charge in [0.25, 0.3) is 5.91 Å². The first-order valence-corrected chi connectivity index (χ1v) is 7.21. The zero-order chi connectivity index (χ0) is 14.7. The van der Waals surface area contributed by atoms with E-state index in [1.807, 2.05) is 25.1 Å². The zero-order valence-electron chi connectivity index (χ0n) is 11.3. The Morgan fingerprint density at radius 3 is 2.60 bits per heavy atom. The first-order chi connectivity index (χ1) is 9.50. The first-order valence-electron chi connectivity index (χ1n) is 6.30. The summed E-state index contributed by atoms with van der Waals surface area (Å²) >= 11 is 3.48. The molecule has 0 aliphatic heterocycles. The molecule has 0 aliphatic rings. The molecule has 0 saturated heterocycles. The summed E-state index contributed by atoms with van der Waals surface area (Å²) in [6.07, 6.45) is 0. The van der Waals surface area contributed by atoms with Crippen LogP contribution in [0.15, 0.2) is 42.5 Å². The fourth-order valence-electron chi connectivity index (χ4n) is 1.97. The van der Waals surface area contributed by atoms with Crippen molar-refractivity contribution in [2.75, 3.05) is 5.32 Å². The van der Waals surface area contributed by atoms with Crippen LogP contribution in [0.1, 0.15) is 33.2 Å². The van der Waals surface area contributed by atoms with Crippen LogP contribution in [0, 0.1) is 12.7 Å². The number of carbonyl (C=O) groups is 1. The van der Waals surface area contributed by atoms with Crippen LogP contribution in [0.4, 0.5) is 10.1 Å². The number of rotatable bonds is 3. The highest BCUT2D eigenvalue weighted by Gasteiger charge is 2.15. The highest BCUT2D eigenvalue weighted by molar-refractivity contribution is 9.09. The van der Waals surface area contributed by atoms with Gasteiger partial charge in [-0.15, -0.1) is 0 Å². The molecule has 0 radical (unpaired) electrons. The number of anilines is 1. The molecule has 2 rings (SSSR count). The van der Waals surface area contributed by atoms with Crippen LogP contribution in [0.5, 0.6) is 0 Å². The van der Waals surface area contributed by atoms with Gasteiger partial charge in [-0.25, -0.2) is 4.39 Å². The van der Waals surface area contributed by atoms with Gasteiger partial charge in [0.05, 0.1) is 5.56 Å². The fourth-order valence-corrected chi connectivity index (χ4v) is 2.37. The van der Waals surface area contributed by atoms with Crippen molar-refractivity contribution in [1.29, 1.82) is 0 Å². The Morgan fingerprint density at radius 1 is 1.20 bits per heavy atom. The third-order valence-corrected chi connectivity index (χ3v) is 3.57. The molecule has 0 bridgehead atoms. The predicted octanol–water partition coefficient (Wildman–Crippen LogP) is 4.84. The van der Waals surface area contributed by atoms with Crippen molar-refractivity contribution >= 4 is 27.5 Å². The molecule has 2 aromatic carbocycles. The number of hydrogen-bond acceptors (Lipinski definition) is 1. The van der Waals surface area contributed by atoms with Crippen molar-refractivity contribution in [3.05, 3.63) is 65.0 Å². The van der Waals surface area contributed by atoms with E-state index in [1.54, 1.807) is 25.1 Å². The lowest BCUT2D eigenvalue weighted by Gasteiger charge is -2.13. The molecule has 1 atom stereocenters. The highest BCUT2D eigenvalue weighted by atomic mass is 79.9. The molecule has 104 valence electrons. The van der Waals surface area contributed by atoms with E-state index in [4.69, 9.17) is 0 Å². The molecule has 0 heterocycles. The lowest BCUT2D eigenvalue weighted by Crippen LogP contribution is -2.15. The SMILES string of the molecule is Cc1cccc(C(=O)Nc2ccccc2C(C)Br)c1F. The average Bonchev–Trinajstić information content (AvgIpc) is 2.42. The van der Waals surface area contributed by atoms with E-state index < -0.39 is 11.7 Å². The Bertz CT molecular complexity index is 640. The summed E-state index contributed by atoms with van der Waals surface area (Å²) in [6, 6.07) is 12.3. The van der Waals surface area contributed by atoms with Crippen molar-refractivity contribution in [1.82, 2.24) is 0 Å². The van der Waals surface area contributed by atoms with E-state index in [-0.39, 0.29) is 10.4 Å². The number of hydrogen-bond donors (Lipinski definition) is 1.